The Labute approximate surface area is 162 Å². The number of nitrogens with one attached hydrogen (secondary N) is 1. The summed E-state index contributed by atoms with van der Waals surface area (Å²) in [6.45, 7) is 5.31. The number of likely N-dealkylation sites (tertiary alicyclic amines) is 1. The van der Waals surface area contributed by atoms with Crippen molar-refractivity contribution in [1.29, 1.82) is 0 Å². The number of rotatable bonds is 4. The first-order valence-corrected chi connectivity index (χ1v) is 10.6. The molecule has 0 radical (unpaired) electrons. The van der Waals surface area contributed by atoms with Gasteiger partial charge in [-0.05, 0) is 50.7 Å². The number of carbonyl (C=O) groups is 1. The van der Waals surface area contributed by atoms with Crippen LogP contribution in [0.15, 0.2) is 24.3 Å². The van der Waals surface area contributed by atoms with Crippen LogP contribution in [0.2, 0.25) is 0 Å². The lowest BCUT2D eigenvalue weighted by Crippen LogP contribution is -2.53. The van der Waals surface area contributed by atoms with E-state index in [1.54, 1.807) is 0 Å². The minimum Gasteiger partial charge on any atom is -0.482 e. The van der Waals surface area contributed by atoms with E-state index >= 15 is 0 Å². The number of hydrogen-bond acceptors (Lipinski definition) is 4. The second-order valence-electron chi connectivity index (χ2n) is 8.40. The van der Waals surface area contributed by atoms with E-state index in [1.165, 1.54) is 38.6 Å². The molecule has 27 heavy (non-hydrogen) atoms. The predicted octanol–water partition coefficient (Wildman–Crippen LogP) is 3.38. The van der Waals surface area contributed by atoms with E-state index in [2.05, 4.69) is 10.2 Å². The fourth-order valence-electron chi connectivity index (χ4n) is 4.68. The molecule has 1 aromatic rings. The van der Waals surface area contributed by atoms with Crippen molar-refractivity contribution in [2.24, 2.45) is 5.92 Å². The van der Waals surface area contributed by atoms with Gasteiger partial charge in [0, 0.05) is 25.7 Å². The molecule has 2 aliphatic heterocycles. The lowest BCUT2D eigenvalue weighted by Gasteiger charge is -2.37. The van der Waals surface area contributed by atoms with Crippen molar-refractivity contribution in [3.8, 4) is 11.5 Å². The molecule has 2 fully saturated rings. The van der Waals surface area contributed by atoms with Gasteiger partial charge in [-0.3, -0.25) is 4.79 Å². The molecule has 5 nitrogen and oxygen atoms in total. The Morgan fingerprint density at radius 3 is 2.41 bits per heavy atom. The standard InChI is InChI=1S/C22H32N2O3/c1-16-21(27-20-10-6-5-9-19(20)26-16)22(25)23-18-11-13-24(14-12-18)15-17-7-3-2-4-8-17/h5-6,9-10,16-18,21H,2-4,7-8,11-15H2,1H3,(H,23,25). The number of hydrogen-bond donors (Lipinski definition) is 1. The molecule has 1 aliphatic carbocycles. The molecule has 2 heterocycles. The monoisotopic (exact) mass is 372 g/mol. The zero-order valence-corrected chi connectivity index (χ0v) is 16.4. The Kier molecular flexibility index (Phi) is 5.86. The Bertz CT molecular complexity index is 636. The summed E-state index contributed by atoms with van der Waals surface area (Å²) in [5.41, 5.74) is 0. The van der Waals surface area contributed by atoms with Crippen LogP contribution in [-0.4, -0.2) is 48.7 Å². The molecular weight excluding hydrogens is 340 g/mol. The normalized spacial score (nSPS) is 27.3. The van der Waals surface area contributed by atoms with Crippen LogP contribution in [0.3, 0.4) is 0 Å². The lowest BCUT2D eigenvalue weighted by atomic mass is 9.88. The van der Waals surface area contributed by atoms with Crippen molar-refractivity contribution in [3.05, 3.63) is 24.3 Å². The molecule has 148 valence electrons. The second kappa shape index (κ2) is 8.51. The molecule has 0 spiro atoms. The lowest BCUT2D eigenvalue weighted by molar-refractivity contribution is -0.134. The summed E-state index contributed by atoms with van der Waals surface area (Å²) in [7, 11) is 0. The summed E-state index contributed by atoms with van der Waals surface area (Å²) in [6.07, 6.45) is 8.20. The third-order valence-corrected chi connectivity index (χ3v) is 6.28. The average Bonchev–Trinajstić information content (AvgIpc) is 2.69. The molecule has 1 saturated heterocycles. The number of amides is 1. The Morgan fingerprint density at radius 1 is 1.04 bits per heavy atom. The average molecular weight is 373 g/mol. The van der Waals surface area contributed by atoms with Gasteiger partial charge in [-0.2, -0.15) is 0 Å². The van der Waals surface area contributed by atoms with Gasteiger partial charge >= 0.3 is 0 Å². The maximum atomic E-state index is 12.8. The topological polar surface area (TPSA) is 50.8 Å². The first kappa shape index (κ1) is 18.6. The van der Waals surface area contributed by atoms with Gasteiger partial charge in [0.1, 0.15) is 6.10 Å². The molecular formula is C22H32N2O3. The van der Waals surface area contributed by atoms with Crippen LogP contribution in [0.5, 0.6) is 11.5 Å². The Hall–Kier alpha value is -1.75. The molecule has 2 atom stereocenters. The van der Waals surface area contributed by atoms with E-state index in [0.717, 1.165) is 31.8 Å². The number of para-hydroxylation sites is 2. The van der Waals surface area contributed by atoms with Crippen LogP contribution in [0.25, 0.3) is 0 Å². The van der Waals surface area contributed by atoms with Crippen molar-refractivity contribution in [2.75, 3.05) is 19.6 Å². The number of benzene rings is 1. The summed E-state index contributed by atoms with van der Waals surface area (Å²) in [6, 6.07) is 7.78. The highest BCUT2D eigenvalue weighted by Crippen LogP contribution is 2.33. The fraction of sp³-hybridized carbons (Fsp3) is 0.682. The van der Waals surface area contributed by atoms with Crippen LogP contribution in [-0.2, 0) is 4.79 Å². The molecule has 0 aromatic heterocycles. The first-order valence-electron chi connectivity index (χ1n) is 10.6. The van der Waals surface area contributed by atoms with Crippen LogP contribution in [0.1, 0.15) is 51.9 Å². The zero-order valence-electron chi connectivity index (χ0n) is 16.4. The largest absolute Gasteiger partial charge is 0.482 e. The molecule has 1 aromatic carbocycles. The third kappa shape index (κ3) is 4.57. The maximum absolute atomic E-state index is 12.8. The number of nitrogens with zero attached hydrogens (tertiary/aromatic N) is 1. The highest BCUT2D eigenvalue weighted by atomic mass is 16.6. The van der Waals surface area contributed by atoms with E-state index in [4.69, 9.17) is 9.47 Å². The zero-order chi connectivity index (χ0) is 18.6. The first-order chi connectivity index (χ1) is 13.2. The minimum atomic E-state index is -0.583. The summed E-state index contributed by atoms with van der Waals surface area (Å²) >= 11 is 0. The fourth-order valence-corrected chi connectivity index (χ4v) is 4.68. The van der Waals surface area contributed by atoms with Crippen molar-refractivity contribution >= 4 is 5.91 Å². The summed E-state index contributed by atoms with van der Waals surface area (Å²) in [5.74, 6) is 2.20. The minimum absolute atomic E-state index is 0.0530. The van der Waals surface area contributed by atoms with E-state index in [1.807, 2.05) is 31.2 Å². The summed E-state index contributed by atoms with van der Waals surface area (Å²) in [5, 5.41) is 3.20. The highest BCUT2D eigenvalue weighted by molar-refractivity contribution is 5.82. The molecule has 2 unspecified atom stereocenters. The molecule has 1 amide bonds. The summed E-state index contributed by atoms with van der Waals surface area (Å²) in [4.78, 5) is 15.4. The van der Waals surface area contributed by atoms with Gasteiger partial charge in [0.25, 0.3) is 5.91 Å². The van der Waals surface area contributed by atoms with E-state index in [0.29, 0.717) is 11.5 Å². The number of piperidine rings is 1. The van der Waals surface area contributed by atoms with Crippen LogP contribution >= 0.6 is 0 Å². The van der Waals surface area contributed by atoms with Gasteiger partial charge in [0.05, 0.1) is 0 Å². The van der Waals surface area contributed by atoms with Gasteiger partial charge in [-0.1, -0.05) is 31.4 Å². The number of fused-ring (bicyclic) bond motifs is 1. The second-order valence-corrected chi connectivity index (χ2v) is 8.40. The number of carbonyl (C=O) groups excluding carboxylic acids is 1. The van der Waals surface area contributed by atoms with Crippen molar-refractivity contribution < 1.29 is 14.3 Å². The molecule has 5 heteroatoms. The van der Waals surface area contributed by atoms with Gasteiger partial charge in [0.2, 0.25) is 6.10 Å². The molecule has 3 aliphatic rings. The highest BCUT2D eigenvalue weighted by Gasteiger charge is 2.35. The van der Waals surface area contributed by atoms with Gasteiger partial charge in [0.15, 0.2) is 11.5 Å². The van der Waals surface area contributed by atoms with Crippen molar-refractivity contribution in [2.45, 2.75) is 70.1 Å². The Balaban J connectivity index is 1.25. The quantitative estimate of drug-likeness (QED) is 0.880. The van der Waals surface area contributed by atoms with E-state index in [-0.39, 0.29) is 18.1 Å². The SMILES string of the molecule is CC1Oc2ccccc2OC1C(=O)NC1CCN(CC2CCCCC2)CC1. The van der Waals surface area contributed by atoms with Crippen molar-refractivity contribution in [3.63, 3.8) is 0 Å². The molecule has 0 bridgehead atoms. The molecule has 1 N–H and O–H groups in total. The summed E-state index contributed by atoms with van der Waals surface area (Å²) < 4.78 is 11.8. The van der Waals surface area contributed by atoms with Crippen LogP contribution in [0.4, 0.5) is 0 Å². The third-order valence-electron chi connectivity index (χ3n) is 6.28. The predicted molar refractivity (Wildman–Crippen MR) is 105 cm³/mol. The smallest absolute Gasteiger partial charge is 0.265 e. The molecule has 1 saturated carbocycles. The van der Waals surface area contributed by atoms with Crippen LogP contribution < -0.4 is 14.8 Å². The van der Waals surface area contributed by atoms with Crippen molar-refractivity contribution in [1.82, 2.24) is 10.2 Å². The maximum Gasteiger partial charge on any atom is 0.265 e. The Morgan fingerprint density at radius 2 is 1.70 bits per heavy atom. The molecule has 4 rings (SSSR count). The van der Waals surface area contributed by atoms with E-state index in [9.17, 15) is 4.79 Å². The van der Waals surface area contributed by atoms with E-state index < -0.39 is 6.10 Å². The van der Waals surface area contributed by atoms with Gasteiger partial charge in [-0.15, -0.1) is 0 Å². The van der Waals surface area contributed by atoms with Gasteiger partial charge < -0.3 is 19.7 Å². The number of ether oxygens (including phenoxy) is 2. The van der Waals surface area contributed by atoms with Gasteiger partial charge in [-0.25, -0.2) is 0 Å². The van der Waals surface area contributed by atoms with Crippen LogP contribution in [0, 0.1) is 5.92 Å².